The number of carbonyl (C=O) groups is 2. The Labute approximate surface area is 108 Å². The van der Waals surface area contributed by atoms with Gasteiger partial charge in [-0.05, 0) is 24.1 Å². The molecule has 0 bridgehead atoms. The molecule has 0 saturated heterocycles. The van der Waals surface area contributed by atoms with Gasteiger partial charge in [-0.1, -0.05) is 6.07 Å². The molecule has 0 aromatic heterocycles. The molecule has 1 aromatic carbocycles. The standard InChI is InChI=1S/C12H14F2N2O3/c13-9-4-3-8(6-10(9)14)7-16-12(19)15-5-1-2-11(17)18/h3-4,6H,1-2,5,7H2,(H,17,18)(H2,15,16,19). The molecule has 1 rings (SSSR count). The molecule has 0 fully saturated rings. The highest BCUT2D eigenvalue weighted by Gasteiger charge is 2.04. The topological polar surface area (TPSA) is 78.4 Å². The lowest BCUT2D eigenvalue weighted by Crippen LogP contribution is -2.35. The minimum atomic E-state index is -0.971. The summed E-state index contributed by atoms with van der Waals surface area (Å²) >= 11 is 0. The van der Waals surface area contributed by atoms with Crippen LogP contribution in [0.4, 0.5) is 13.6 Å². The fraction of sp³-hybridized carbons (Fsp3) is 0.333. The SMILES string of the molecule is O=C(O)CCCNC(=O)NCc1ccc(F)c(F)c1. The normalized spacial score (nSPS) is 10.0. The lowest BCUT2D eigenvalue weighted by atomic mass is 10.2. The zero-order valence-corrected chi connectivity index (χ0v) is 10.1. The van der Waals surface area contributed by atoms with Crippen LogP contribution in [0.2, 0.25) is 0 Å². The summed E-state index contributed by atoms with van der Waals surface area (Å²) in [6, 6.07) is 2.86. The second kappa shape index (κ2) is 7.30. The predicted molar refractivity (Wildman–Crippen MR) is 63.5 cm³/mol. The highest BCUT2D eigenvalue weighted by molar-refractivity contribution is 5.73. The number of carbonyl (C=O) groups excluding carboxylic acids is 1. The molecule has 1 aromatic rings. The first-order chi connectivity index (χ1) is 8.99. The van der Waals surface area contributed by atoms with Crippen LogP contribution in [0, 0.1) is 11.6 Å². The van der Waals surface area contributed by atoms with Crippen LogP contribution in [0.15, 0.2) is 18.2 Å². The molecule has 19 heavy (non-hydrogen) atoms. The van der Waals surface area contributed by atoms with E-state index in [1.807, 2.05) is 0 Å². The Hall–Kier alpha value is -2.18. The van der Waals surface area contributed by atoms with Crippen molar-refractivity contribution in [1.29, 1.82) is 0 Å². The van der Waals surface area contributed by atoms with Gasteiger partial charge in [0.05, 0.1) is 0 Å². The van der Waals surface area contributed by atoms with Crippen molar-refractivity contribution in [3.8, 4) is 0 Å². The number of carboxylic acid groups (broad SMARTS) is 1. The van der Waals surface area contributed by atoms with Crippen LogP contribution in [-0.2, 0) is 11.3 Å². The first kappa shape index (κ1) is 14.9. The number of amides is 2. The van der Waals surface area contributed by atoms with Gasteiger partial charge in [0.15, 0.2) is 11.6 Å². The third kappa shape index (κ3) is 5.80. The molecule has 7 heteroatoms. The van der Waals surface area contributed by atoms with Crippen molar-refractivity contribution < 1.29 is 23.5 Å². The number of halogens is 2. The Kier molecular flexibility index (Phi) is 5.72. The van der Waals surface area contributed by atoms with Crippen LogP contribution in [0.3, 0.4) is 0 Å². The molecule has 0 spiro atoms. The van der Waals surface area contributed by atoms with E-state index in [0.717, 1.165) is 12.1 Å². The Morgan fingerprint density at radius 2 is 1.89 bits per heavy atom. The van der Waals surface area contributed by atoms with E-state index < -0.39 is 23.6 Å². The number of hydrogen-bond acceptors (Lipinski definition) is 2. The Morgan fingerprint density at radius 1 is 1.16 bits per heavy atom. The number of carboxylic acids is 1. The fourth-order valence-corrected chi connectivity index (χ4v) is 1.34. The summed E-state index contributed by atoms with van der Waals surface area (Å²) in [5.41, 5.74) is 0.430. The van der Waals surface area contributed by atoms with E-state index in [4.69, 9.17) is 5.11 Å². The molecule has 3 N–H and O–H groups in total. The number of benzene rings is 1. The number of rotatable bonds is 6. The molecule has 0 aliphatic heterocycles. The first-order valence-corrected chi connectivity index (χ1v) is 5.66. The van der Waals surface area contributed by atoms with Gasteiger partial charge in [-0.3, -0.25) is 4.79 Å². The van der Waals surface area contributed by atoms with Crippen molar-refractivity contribution in [3.05, 3.63) is 35.4 Å². The third-order valence-corrected chi connectivity index (χ3v) is 2.29. The lowest BCUT2D eigenvalue weighted by Gasteiger charge is -2.07. The maximum atomic E-state index is 12.9. The molecule has 0 saturated carbocycles. The van der Waals surface area contributed by atoms with E-state index in [-0.39, 0.29) is 19.5 Å². The predicted octanol–water partition coefficient (Wildman–Crippen LogP) is 1.63. The largest absolute Gasteiger partial charge is 0.481 e. The molecule has 0 atom stereocenters. The summed E-state index contributed by atoms with van der Waals surface area (Å²) in [5, 5.41) is 13.3. The first-order valence-electron chi connectivity index (χ1n) is 5.66. The molecule has 104 valence electrons. The van der Waals surface area contributed by atoms with E-state index >= 15 is 0 Å². The molecule has 0 heterocycles. The number of nitrogens with one attached hydrogen (secondary N) is 2. The van der Waals surface area contributed by atoms with Crippen LogP contribution >= 0.6 is 0 Å². The molecule has 2 amide bonds. The van der Waals surface area contributed by atoms with E-state index in [1.54, 1.807) is 0 Å². The van der Waals surface area contributed by atoms with Crippen LogP contribution < -0.4 is 10.6 Å². The highest BCUT2D eigenvalue weighted by atomic mass is 19.2. The average molecular weight is 272 g/mol. The number of urea groups is 1. The summed E-state index contributed by atoms with van der Waals surface area (Å²) in [4.78, 5) is 21.5. The monoisotopic (exact) mass is 272 g/mol. The number of hydrogen-bond donors (Lipinski definition) is 3. The summed E-state index contributed by atoms with van der Waals surface area (Å²) in [5.74, 6) is -2.84. The van der Waals surface area contributed by atoms with Crippen LogP contribution in [-0.4, -0.2) is 23.7 Å². The van der Waals surface area contributed by atoms with Gasteiger partial charge in [0, 0.05) is 19.5 Å². The van der Waals surface area contributed by atoms with Gasteiger partial charge in [-0.25, -0.2) is 13.6 Å². The van der Waals surface area contributed by atoms with Crippen molar-refractivity contribution in [1.82, 2.24) is 10.6 Å². The number of aliphatic carboxylic acids is 1. The van der Waals surface area contributed by atoms with Crippen LogP contribution in [0.5, 0.6) is 0 Å². The minimum Gasteiger partial charge on any atom is -0.481 e. The quantitative estimate of drug-likeness (QED) is 0.689. The Bertz CT molecular complexity index is 466. The summed E-state index contributed by atoms with van der Waals surface area (Å²) in [7, 11) is 0. The Balaban J connectivity index is 2.26. The van der Waals surface area contributed by atoms with Gasteiger partial charge in [0.2, 0.25) is 0 Å². The van der Waals surface area contributed by atoms with Crippen molar-refractivity contribution in [2.24, 2.45) is 0 Å². The molecule has 5 nitrogen and oxygen atoms in total. The molecule has 0 aliphatic rings. The van der Waals surface area contributed by atoms with Crippen molar-refractivity contribution >= 4 is 12.0 Å². The minimum absolute atomic E-state index is 0.0244. The van der Waals surface area contributed by atoms with Crippen molar-refractivity contribution in [2.75, 3.05) is 6.54 Å². The van der Waals surface area contributed by atoms with Gasteiger partial charge in [0.25, 0.3) is 0 Å². The van der Waals surface area contributed by atoms with Crippen molar-refractivity contribution in [2.45, 2.75) is 19.4 Å². The summed E-state index contributed by atoms with van der Waals surface area (Å²) in [6.45, 7) is 0.290. The third-order valence-electron chi connectivity index (χ3n) is 2.29. The van der Waals surface area contributed by atoms with Crippen LogP contribution in [0.25, 0.3) is 0 Å². The van der Waals surface area contributed by atoms with Crippen molar-refractivity contribution in [3.63, 3.8) is 0 Å². The van der Waals surface area contributed by atoms with Gasteiger partial charge >= 0.3 is 12.0 Å². The van der Waals surface area contributed by atoms with Gasteiger partial charge < -0.3 is 15.7 Å². The van der Waals surface area contributed by atoms with E-state index in [1.165, 1.54) is 6.07 Å². The maximum Gasteiger partial charge on any atom is 0.315 e. The van der Waals surface area contributed by atoms with Gasteiger partial charge in [0.1, 0.15) is 0 Å². The Morgan fingerprint density at radius 3 is 2.53 bits per heavy atom. The second-order valence-electron chi connectivity index (χ2n) is 3.86. The molecule has 0 aliphatic carbocycles. The van der Waals surface area contributed by atoms with Crippen LogP contribution in [0.1, 0.15) is 18.4 Å². The lowest BCUT2D eigenvalue weighted by molar-refractivity contribution is -0.137. The van der Waals surface area contributed by atoms with Gasteiger partial charge in [-0.2, -0.15) is 0 Å². The maximum absolute atomic E-state index is 12.9. The molecule has 0 unspecified atom stereocenters. The molecule has 0 radical (unpaired) electrons. The fourth-order valence-electron chi connectivity index (χ4n) is 1.34. The molecular formula is C12H14F2N2O3. The zero-order chi connectivity index (χ0) is 14.3. The smallest absolute Gasteiger partial charge is 0.315 e. The van der Waals surface area contributed by atoms with E-state index in [9.17, 15) is 18.4 Å². The highest BCUT2D eigenvalue weighted by Crippen LogP contribution is 2.08. The van der Waals surface area contributed by atoms with E-state index in [0.29, 0.717) is 12.0 Å². The average Bonchev–Trinajstić information content (AvgIpc) is 2.36. The summed E-state index contributed by atoms with van der Waals surface area (Å²) in [6.07, 6.45) is 0.303. The summed E-state index contributed by atoms with van der Waals surface area (Å²) < 4.78 is 25.5. The molecular weight excluding hydrogens is 258 g/mol. The van der Waals surface area contributed by atoms with E-state index in [2.05, 4.69) is 10.6 Å². The van der Waals surface area contributed by atoms with Gasteiger partial charge in [-0.15, -0.1) is 0 Å². The second-order valence-corrected chi connectivity index (χ2v) is 3.86. The zero-order valence-electron chi connectivity index (χ0n) is 10.1.